The first-order valence-electron chi connectivity index (χ1n) is 9.67. The van der Waals surface area contributed by atoms with Crippen LogP contribution in [0.2, 0.25) is 0 Å². The third kappa shape index (κ3) is 4.27. The van der Waals surface area contributed by atoms with Crippen LogP contribution in [0.1, 0.15) is 19.4 Å². The highest BCUT2D eigenvalue weighted by atomic mass is 16.3. The van der Waals surface area contributed by atoms with Crippen LogP contribution in [0.4, 0.5) is 11.4 Å². The van der Waals surface area contributed by atoms with Gasteiger partial charge < -0.3 is 9.73 Å². The molecule has 1 aromatic heterocycles. The van der Waals surface area contributed by atoms with Crippen molar-refractivity contribution < 1.29 is 9.21 Å². The Morgan fingerprint density at radius 3 is 2.41 bits per heavy atom. The number of hydrogen-bond acceptors (Lipinski definition) is 3. The van der Waals surface area contributed by atoms with Crippen molar-refractivity contribution in [2.24, 2.45) is 4.99 Å². The molecule has 4 heteroatoms. The Kier molecular flexibility index (Phi) is 5.25. The number of nitrogens with zero attached hydrogens (tertiary/aromatic N) is 1. The van der Waals surface area contributed by atoms with E-state index in [0.29, 0.717) is 0 Å². The van der Waals surface area contributed by atoms with Crippen molar-refractivity contribution >= 4 is 28.3 Å². The largest absolute Gasteiger partial charge is 0.456 e. The van der Waals surface area contributed by atoms with Gasteiger partial charge in [0.15, 0.2) is 0 Å². The molecule has 144 valence electrons. The van der Waals surface area contributed by atoms with Gasteiger partial charge in [-0.3, -0.25) is 4.79 Å². The van der Waals surface area contributed by atoms with Crippen LogP contribution in [0.15, 0.2) is 88.3 Å². The average molecular weight is 382 g/mol. The van der Waals surface area contributed by atoms with Crippen molar-refractivity contribution in [1.82, 2.24) is 0 Å². The molecule has 0 aliphatic carbocycles. The lowest BCUT2D eigenvalue weighted by molar-refractivity contribution is -0.114. The molecule has 1 N–H and O–H groups in total. The minimum absolute atomic E-state index is 0.0926. The summed E-state index contributed by atoms with van der Waals surface area (Å²) in [5.41, 5.74) is 4.61. The van der Waals surface area contributed by atoms with E-state index in [9.17, 15) is 4.79 Å². The van der Waals surface area contributed by atoms with Gasteiger partial charge in [0.05, 0.1) is 11.0 Å². The lowest BCUT2D eigenvalue weighted by Gasteiger charge is -2.07. The topological polar surface area (TPSA) is 54.6 Å². The van der Waals surface area contributed by atoms with Gasteiger partial charge in [-0.15, -0.1) is 0 Å². The minimum Gasteiger partial charge on any atom is -0.456 e. The molecular formula is C25H22N2O2. The summed E-state index contributed by atoms with van der Waals surface area (Å²) in [6, 6.07) is 25.7. The van der Waals surface area contributed by atoms with E-state index >= 15 is 0 Å². The molecule has 0 aliphatic rings. The van der Waals surface area contributed by atoms with Crippen LogP contribution >= 0.6 is 0 Å². The van der Waals surface area contributed by atoms with Crippen molar-refractivity contribution in [3.05, 3.63) is 89.8 Å². The summed E-state index contributed by atoms with van der Waals surface area (Å²) in [6.07, 6.45) is 0.946. The maximum atomic E-state index is 11.2. The van der Waals surface area contributed by atoms with Gasteiger partial charge in [-0.05, 0) is 48.4 Å². The van der Waals surface area contributed by atoms with Crippen molar-refractivity contribution in [3.63, 3.8) is 0 Å². The molecule has 0 bridgehead atoms. The molecule has 1 amide bonds. The summed E-state index contributed by atoms with van der Waals surface area (Å²) in [4.78, 5) is 16.1. The highest BCUT2D eigenvalue weighted by Gasteiger charge is 2.07. The smallest absolute Gasteiger partial charge is 0.221 e. The van der Waals surface area contributed by atoms with E-state index in [-0.39, 0.29) is 5.91 Å². The highest BCUT2D eigenvalue weighted by Crippen LogP contribution is 2.24. The number of aryl methyl sites for hydroxylation is 1. The van der Waals surface area contributed by atoms with Crippen LogP contribution in [0.3, 0.4) is 0 Å². The zero-order valence-corrected chi connectivity index (χ0v) is 16.5. The van der Waals surface area contributed by atoms with Crippen LogP contribution in [-0.4, -0.2) is 5.91 Å². The summed E-state index contributed by atoms with van der Waals surface area (Å²) < 4.78 is 6.18. The Hall–Kier alpha value is -3.66. The molecule has 4 aromatic rings. The molecule has 0 fully saturated rings. The number of anilines is 1. The molecular weight excluding hydrogens is 360 g/mol. The standard InChI is InChI=1S/C25H22N2O2/c1-3-18-9-14-24-22(15-18)23(16-25(29-24)19-7-5-4-6-8-19)27-21-12-10-20(11-13-21)26-17(2)28/h4-16H,3H2,1-2H3,(H,26,28). The molecule has 29 heavy (non-hydrogen) atoms. The van der Waals surface area contributed by atoms with E-state index in [4.69, 9.17) is 9.41 Å². The first kappa shape index (κ1) is 18.7. The van der Waals surface area contributed by atoms with Crippen molar-refractivity contribution in [1.29, 1.82) is 0 Å². The van der Waals surface area contributed by atoms with Crippen molar-refractivity contribution in [2.45, 2.75) is 20.3 Å². The second kappa shape index (κ2) is 8.15. The predicted octanol–water partition coefficient (Wildman–Crippen LogP) is 5.85. The molecule has 0 aliphatic heterocycles. The number of benzene rings is 3. The molecule has 0 atom stereocenters. The van der Waals surface area contributed by atoms with E-state index in [1.54, 1.807) is 0 Å². The van der Waals surface area contributed by atoms with E-state index in [1.165, 1.54) is 12.5 Å². The number of amides is 1. The fraction of sp³-hybridized carbons (Fsp3) is 0.120. The maximum Gasteiger partial charge on any atom is 0.221 e. The SMILES string of the molecule is CCc1ccc2oc(-c3ccccc3)cc(=Nc3ccc(NC(C)=O)cc3)c2c1. The predicted molar refractivity (Wildman–Crippen MR) is 117 cm³/mol. The van der Waals surface area contributed by atoms with Crippen LogP contribution < -0.4 is 10.7 Å². The zero-order chi connectivity index (χ0) is 20.2. The molecule has 0 saturated carbocycles. The van der Waals surface area contributed by atoms with Crippen LogP contribution in [0.5, 0.6) is 0 Å². The van der Waals surface area contributed by atoms with Gasteiger partial charge in [-0.1, -0.05) is 43.3 Å². The van der Waals surface area contributed by atoms with Crippen LogP contribution in [-0.2, 0) is 11.2 Å². The van der Waals surface area contributed by atoms with Crippen LogP contribution in [0, 0.1) is 0 Å². The number of carbonyl (C=O) groups is 1. The summed E-state index contributed by atoms with van der Waals surface area (Å²) in [5, 5.41) is 4.61. The molecule has 3 aromatic carbocycles. The molecule has 0 unspecified atom stereocenters. The van der Waals surface area contributed by atoms with E-state index in [2.05, 4.69) is 24.4 Å². The van der Waals surface area contributed by atoms with Gasteiger partial charge in [-0.25, -0.2) is 4.99 Å². The number of fused-ring (bicyclic) bond motifs is 1. The number of nitrogens with one attached hydrogen (secondary N) is 1. The summed E-state index contributed by atoms with van der Waals surface area (Å²) >= 11 is 0. The third-order valence-electron chi connectivity index (χ3n) is 4.71. The summed E-state index contributed by atoms with van der Waals surface area (Å²) in [7, 11) is 0. The normalized spacial score (nSPS) is 11.6. The molecule has 0 spiro atoms. The molecule has 0 saturated heterocycles. The quantitative estimate of drug-likeness (QED) is 0.481. The van der Waals surface area contributed by atoms with Crippen molar-refractivity contribution in [3.8, 4) is 11.3 Å². The molecule has 4 rings (SSSR count). The summed E-state index contributed by atoms with van der Waals surface area (Å²) in [5.74, 6) is 0.681. The molecule has 0 radical (unpaired) electrons. The average Bonchev–Trinajstić information content (AvgIpc) is 2.75. The second-order valence-corrected chi connectivity index (χ2v) is 6.89. The van der Waals surface area contributed by atoms with E-state index < -0.39 is 0 Å². The monoisotopic (exact) mass is 382 g/mol. The first-order chi connectivity index (χ1) is 14.1. The van der Waals surface area contributed by atoms with Crippen molar-refractivity contribution in [2.75, 3.05) is 5.32 Å². The Labute approximate surface area is 169 Å². The number of carbonyl (C=O) groups excluding carboxylic acids is 1. The Morgan fingerprint density at radius 1 is 0.966 bits per heavy atom. The van der Waals surface area contributed by atoms with Gasteiger partial charge in [0.2, 0.25) is 5.91 Å². The fourth-order valence-corrected chi connectivity index (χ4v) is 3.23. The fourth-order valence-electron chi connectivity index (χ4n) is 3.23. The lowest BCUT2D eigenvalue weighted by Crippen LogP contribution is -2.05. The Bertz CT molecular complexity index is 1220. The molecule has 4 nitrogen and oxygen atoms in total. The van der Waals surface area contributed by atoms with Crippen LogP contribution in [0.25, 0.3) is 22.3 Å². The highest BCUT2D eigenvalue weighted by molar-refractivity contribution is 5.88. The molecule has 1 heterocycles. The first-order valence-corrected chi connectivity index (χ1v) is 9.67. The van der Waals surface area contributed by atoms with Gasteiger partial charge in [0.25, 0.3) is 0 Å². The van der Waals surface area contributed by atoms with E-state index in [0.717, 1.165) is 45.4 Å². The zero-order valence-electron chi connectivity index (χ0n) is 16.5. The van der Waals surface area contributed by atoms with Gasteiger partial charge in [0.1, 0.15) is 11.3 Å². The third-order valence-corrected chi connectivity index (χ3v) is 4.71. The maximum absolute atomic E-state index is 11.2. The Balaban J connectivity index is 1.88. The Morgan fingerprint density at radius 2 is 1.72 bits per heavy atom. The van der Waals surface area contributed by atoms with Gasteiger partial charge in [0, 0.05) is 29.6 Å². The van der Waals surface area contributed by atoms with Gasteiger partial charge >= 0.3 is 0 Å². The number of hydrogen-bond donors (Lipinski definition) is 1. The second-order valence-electron chi connectivity index (χ2n) is 6.89. The van der Waals surface area contributed by atoms with Gasteiger partial charge in [-0.2, -0.15) is 0 Å². The summed E-state index contributed by atoms with van der Waals surface area (Å²) in [6.45, 7) is 3.63. The lowest BCUT2D eigenvalue weighted by atomic mass is 10.1. The minimum atomic E-state index is -0.0926. The van der Waals surface area contributed by atoms with E-state index in [1.807, 2.05) is 66.7 Å². The number of rotatable bonds is 4.